The highest BCUT2D eigenvalue weighted by molar-refractivity contribution is 5.79. The van der Waals surface area contributed by atoms with Gasteiger partial charge in [-0.25, -0.2) is 0 Å². The van der Waals surface area contributed by atoms with Crippen molar-refractivity contribution in [3.63, 3.8) is 0 Å². The van der Waals surface area contributed by atoms with Crippen LogP contribution in [-0.2, 0) is 78.5 Å². The van der Waals surface area contributed by atoms with Crippen molar-refractivity contribution in [2.45, 2.75) is 78.5 Å². The molecule has 390 valence electrons. The molecule has 78 heavy (non-hydrogen) atoms. The predicted octanol–water partition coefficient (Wildman–Crippen LogP) is 10.7. The molecule has 14 heteroatoms. The number of hydrogen-bond acceptors (Lipinski definition) is 14. The Kier molecular flexibility index (Phi) is 18.0. The van der Waals surface area contributed by atoms with Crippen molar-refractivity contribution in [3.8, 4) is 22.6 Å². The Hall–Kier alpha value is -8.92. The lowest BCUT2D eigenvalue weighted by Crippen LogP contribution is -2.27. The van der Waals surface area contributed by atoms with Crippen LogP contribution in [0.25, 0.3) is 11.1 Å². The van der Waals surface area contributed by atoms with Gasteiger partial charge in [0.2, 0.25) is 0 Å². The molecule has 0 aliphatic heterocycles. The largest absolute Gasteiger partial charge is 0.508 e. The minimum atomic E-state index is 0.135. The van der Waals surface area contributed by atoms with E-state index in [4.69, 9.17) is 39.9 Å². The number of phenolic OH excluding ortho intramolecular Hbond substituents is 2. The highest BCUT2D eigenvalue weighted by Gasteiger charge is 2.27. The summed E-state index contributed by atoms with van der Waals surface area (Å²) in [5.41, 5.74) is 12.7. The molecule has 0 spiro atoms. The van der Waals surface area contributed by atoms with E-state index < -0.39 is 0 Å². The fraction of sp³-hybridized carbons (Fsp3) is 0.188. The molecule has 0 radical (unpaired) electrons. The average Bonchev–Trinajstić information content (AvgIpc) is 3.52. The first-order chi connectivity index (χ1) is 38.4. The van der Waals surface area contributed by atoms with E-state index in [1.807, 2.05) is 219 Å². The maximum Gasteiger partial charge on any atom is 0.116 e. The van der Waals surface area contributed by atoms with Crippen LogP contribution in [0.4, 0.5) is 0 Å². The number of benzene rings is 2. The van der Waals surface area contributed by atoms with E-state index in [9.17, 15) is 10.2 Å². The number of rotatable bonds is 25. The first kappa shape index (κ1) is 52.5. The summed E-state index contributed by atoms with van der Waals surface area (Å²) in [6.45, 7) is 5.67. The van der Waals surface area contributed by atoms with Crippen molar-refractivity contribution in [1.82, 2.24) is 59.5 Å². The molecular formula is C64H62N12O2. The van der Waals surface area contributed by atoms with Gasteiger partial charge in [-0.1, -0.05) is 48.5 Å². The van der Waals surface area contributed by atoms with Gasteiger partial charge in [0.1, 0.15) is 11.5 Å². The van der Waals surface area contributed by atoms with Crippen LogP contribution >= 0.6 is 0 Å². The Balaban J connectivity index is 1.19. The number of hydrogen-bond donors (Lipinski definition) is 2. The Bertz CT molecular complexity index is 2780. The highest BCUT2D eigenvalue weighted by Crippen LogP contribution is 2.41. The van der Waals surface area contributed by atoms with Gasteiger partial charge in [0.05, 0.1) is 45.6 Å². The Labute approximate surface area is 456 Å². The molecule has 0 amide bonds. The topological polar surface area (TPSA) is 157 Å². The number of phenols is 2. The Morgan fingerprint density at radius 2 is 0.397 bits per heavy atom. The second-order valence-electron chi connectivity index (χ2n) is 19.4. The third-order valence-corrected chi connectivity index (χ3v) is 13.3. The summed E-state index contributed by atoms with van der Waals surface area (Å²) in [5.74, 6) is 0.270. The fourth-order valence-corrected chi connectivity index (χ4v) is 10.0. The lowest BCUT2D eigenvalue weighted by atomic mass is 9.86. The molecule has 10 rings (SSSR count). The van der Waals surface area contributed by atoms with Gasteiger partial charge in [-0.2, -0.15) is 0 Å². The standard InChI is InChI=1S/C64H62N12O2/c77-61-33-49(37-73(41-53-17-1-9-25-65-53)42-54-18-2-10-26-66-54)63(50(34-61)38-74(43-55-19-3-11-27-67-55)44-56-20-4-12-28-68-56)64-51(39-75(45-57-21-5-13-29-69-57)46-58-22-6-14-30-70-58)35-62(78)36-52(64)40-76(47-59-23-7-15-31-71-59)48-60-24-8-16-32-72-60/h1-36,77-78H,37-48H2. The molecule has 0 saturated heterocycles. The van der Waals surface area contributed by atoms with Crippen molar-refractivity contribution >= 4 is 0 Å². The zero-order valence-electron chi connectivity index (χ0n) is 43.5. The van der Waals surface area contributed by atoms with Crippen LogP contribution in [0.3, 0.4) is 0 Å². The minimum Gasteiger partial charge on any atom is -0.508 e. The van der Waals surface area contributed by atoms with Gasteiger partial charge >= 0.3 is 0 Å². The van der Waals surface area contributed by atoms with E-state index in [1.165, 1.54) is 0 Å². The SMILES string of the molecule is Oc1cc(CN(Cc2ccccn2)Cc2ccccn2)c(-c2c(CN(Cc3ccccn3)Cc3ccccn3)cc(O)cc2CN(Cc2ccccn2)Cc2ccccn2)c(CN(Cc2ccccn2)Cc2ccccn2)c1. The third kappa shape index (κ3) is 15.1. The van der Waals surface area contributed by atoms with Crippen LogP contribution in [0.1, 0.15) is 67.8 Å². The maximum absolute atomic E-state index is 12.2. The van der Waals surface area contributed by atoms with Gasteiger partial charge in [-0.15, -0.1) is 0 Å². The Morgan fingerprint density at radius 1 is 0.231 bits per heavy atom. The van der Waals surface area contributed by atoms with Gasteiger partial charge < -0.3 is 10.2 Å². The zero-order valence-corrected chi connectivity index (χ0v) is 43.5. The molecule has 10 aromatic rings. The van der Waals surface area contributed by atoms with Crippen molar-refractivity contribution in [2.75, 3.05) is 0 Å². The van der Waals surface area contributed by atoms with Gasteiger partial charge in [-0.05, 0) is 155 Å². The summed E-state index contributed by atoms with van der Waals surface area (Å²) >= 11 is 0. The molecule has 0 fully saturated rings. The lowest BCUT2D eigenvalue weighted by Gasteiger charge is -2.31. The smallest absolute Gasteiger partial charge is 0.116 e. The summed E-state index contributed by atoms with van der Waals surface area (Å²) in [6, 6.07) is 55.5. The summed E-state index contributed by atoms with van der Waals surface area (Å²) < 4.78 is 0. The summed E-state index contributed by atoms with van der Waals surface area (Å²) in [7, 11) is 0. The summed E-state index contributed by atoms with van der Waals surface area (Å²) in [4.78, 5) is 47.6. The zero-order chi connectivity index (χ0) is 53.1. The molecule has 8 aromatic heterocycles. The van der Waals surface area contributed by atoms with Crippen LogP contribution < -0.4 is 0 Å². The maximum atomic E-state index is 12.2. The normalized spacial score (nSPS) is 11.5. The fourth-order valence-electron chi connectivity index (χ4n) is 10.0. The third-order valence-electron chi connectivity index (χ3n) is 13.3. The monoisotopic (exact) mass is 1030 g/mol. The number of aromatic nitrogens is 8. The second-order valence-corrected chi connectivity index (χ2v) is 19.4. The van der Waals surface area contributed by atoms with E-state index in [1.54, 1.807) is 0 Å². The molecule has 8 heterocycles. The molecule has 0 unspecified atom stereocenters. The molecule has 2 aromatic carbocycles. The average molecular weight is 1030 g/mol. The van der Waals surface area contributed by atoms with E-state index in [-0.39, 0.29) is 11.5 Å². The number of nitrogens with zero attached hydrogens (tertiary/aromatic N) is 12. The van der Waals surface area contributed by atoms with E-state index in [0.29, 0.717) is 78.5 Å². The first-order valence-corrected chi connectivity index (χ1v) is 26.2. The molecule has 14 nitrogen and oxygen atoms in total. The van der Waals surface area contributed by atoms with Gasteiger partial charge in [0, 0.05) is 128 Å². The van der Waals surface area contributed by atoms with Gasteiger partial charge in [-0.3, -0.25) is 59.5 Å². The highest BCUT2D eigenvalue weighted by atomic mass is 16.3. The van der Waals surface area contributed by atoms with Crippen LogP contribution in [-0.4, -0.2) is 69.7 Å². The van der Waals surface area contributed by atoms with Crippen molar-refractivity contribution in [2.24, 2.45) is 0 Å². The quantitative estimate of drug-likeness (QED) is 0.0557. The van der Waals surface area contributed by atoms with Crippen molar-refractivity contribution in [3.05, 3.63) is 287 Å². The molecule has 0 aliphatic rings. The van der Waals surface area contributed by atoms with Gasteiger partial charge in [0.15, 0.2) is 0 Å². The Morgan fingerprint density at radius 3 is 0.538 bits per heavy atom. The number of aromatic hydroxyl groups is 2. The molecule has 0 atom stereocenters. The van der Waals surface area contributed by atoms with Gasteiger partial charge in [0.25, 0.3) is 0 Å². The lowest BCUT2D eigenvalue weighted by molar-refractivity contribution is 0.235. The molecule has 2 N–H and O–H groups in total. The van der Waals surface area contributed by atoms with Crippen LogP contribution in [0.2, 0.25) is 0 Å². The minimum absolute atomic E-state index is 0.135. The van der Waals surface area contributed by atoms with Crippen molar-refractivity contribution in [1.29, 1.82) is 0 Å². The van der Waals surface area contributed by atoms with E-state index >= 15 is 0 Å². The molecule has 0 saturated carbocycles. The first-order valence-electron chi connectivity index (χ1n) is 26.2. The van der Waals surface area contributed by atoms with Crippen molar-refractivity contribution < 1.29 is 10.2 Å². The molecule has 0 aliphatic carbocycles. The summed E-state index contributed by atoms with van der Waals surface area (Å²) in [5, 5.41) is 24.4. The van der Waals surface area contributed by atoms with Crippen LogP contribution in [0.15, 0.2) is 219 Å². The van der Waals surface area contributed by atoms with E-state index in [0.717, 1.165) is 78.9 Å². The number of pyridine rings is 8. The van der Waals surface area contributed by atoms with Crippen LogP contribution in [0, 0.1) is 0 Å². The predicted molar refractivity (Wildman–Crippen MR) is 301 cm³/mol. The molecule has 0 bridgehead atoms. The van der Waals surface area contributed by atoms with Crippen LogP contribution in [0.5, 0.6) is 11.5 Å². The molecular weight excluding hydrogens is 969 g/mol. The second kappa shape index (κ2) is 26.7. The summed E-state index contributed by atoms with van der Waals surface area (Å²) in [6.07, 6.45) is 14.6. The van der Waals surface area contributed by atoms with E-state index in [2.05, 4.69) is 19.6 Å².